The van der Waals surface area contributed by atoms with Crippen LogP contribution in [0.15, 0.2) is 60.7 Å². The van der Waals surface area contributed by atoms with Crippen molar-refractivity contribution in [1.82, 2.24) is 16.0 Å². The molecule has 5 heteroatoms. The second-order valence-electron chi connectivity index (χ2n) is 7.73. The molecule has 0 radical (unpaired) electrons. The molecule has 144 valence electrons. The number of benzene rings is 2. The molecule has 0 heterocycles. The van der Waals surface area contributed by atoms with Gasteiger partial charge in [0, 0.05) is 11.6 Å². The van der Waals surface area contributed by atoms with Crippen LogP contribution in [-0.4, -0.2) is 23.5 Å². The standard InChI is InChI=1S/C22H29N3O2/c1-16(20(26)24-21(27)25-22(2,3)4)23-19(18-13-9-6-10-14-18)15-17-11-7-5-8-12-17/h5-14,16,19,23H,15H2,1-4H3,(H2,24,25,26,27)/t16-,19-/m1/s1. The molecule has 2 rings (SSSR count). The normalized spacial score (nSPS) is 13.5. The van der Waals surface area contributed by atoms with Gasteiger partial charge in [-0.2, -0.15) is 0 Å². The Hall–Kier alpha value is -2.66. The first-order valence-electron chi connectivity index (χ1n) is 9.22. The topological polar surface area (TPSA) is 70.2 Å². The first-order valence-corrected chi connectivity index (χ1v) is 9.22. The van der Waals surface area contributed by atoms with E-state index < -0.39 is 17.6 Å². The molecule has 0 aliphatic carbocycles. The number of imide groups is 1. The van der Waals surface area contributed by atoms with E-state index in [0.717, 1.165) is 12.0 Å². The molecular weight excluding hydrogens is 338 g/mol. The number of carbonyl (C=O) groups is 2. The molecular formula is C22H29N3O2. The Kier molecular flexibility index (Phi) is 7.13. The van der Waals surface area contributed by atoms with E-state index in [1.54, 1.807) is 6.92 Å². The van der Waals surface area contributed by atoms with Crippen molar-refractivity contribution in [3.8, 4) is 0 Å². The summed E-state index contributed by atoms with van der Waals surface area (Å²) < 4.78 is 0. The Balaban J connectivity index is 2.05. The fraction of sp³-hybridized carbons (Fsp3) is 0.364. The van der Waals surface area contributed by atoms with Gasteiger partial charge < -0.3 is 5.32 Å². The maximum Gasteiger partial charge on any atom is 0.321 e. The van der Waals surface area contributed by atoms with E-state index >= 15 is 0 Å². The summed E-state index contributed by atoms with van der Waals surface area (Å²) in [6.45, 7) is 7.36. The van der Waals surface area contributed by atoms with Crippen LogP contribution in [0.3, 0.4) is 0 Å². The van der Waals surface area contributed by atoms with E-state index in [9.17, 15) is 9.59 Å². The van der Waals surface area contributed by atoms with Crippen molar-refractivity contribution in [2.45, 2.75) is 51.7 Å². The fourth-order valence-corrected chi connectivity index (χ4v) is 2.78. The third kappa shape index (κ3) is 7.23. The van der Waals surface area contributed by atoms with Crippen molar-refractivity contribution in [1.29, 1.82) is 0 Å². The summed E-state index contributed by atoms with van der Waals surface area (Å²) in [5.74, 6) is -0.356. The number of nitrogens with one attached hydrogen (secondary N) is 3. The molecule has 0 fully saturated rings. The van der Waals surface area contributed by atoms with Gasteiger partial charge in [-0.1, -0.05) is 60.7 Å². The molecule has 5 nitrogen and oxygen atoms in total. The molecule has 2 atom stereocenters. The van der Waals surface area contributed by atoms with Crippen molar-refractivity contribution in [3.63, 3.8) is 0 Å². The van der Waals surface area contributed by atoms with E-state index in [0.29, 0.717) is 0 Å². The fourth-order valence-electron chi connectivity index (χ4n) is 2.78. The van der Waals surface area contributed by atoms with Crippen LogP contribution in [0.2, 0.25) is 0 Å². The minimum absolute atomic E-state index is 0.0416. The summed E-state index contributed by atoms with van der Waals surface area (Å²) in [4.78, 5) is 24.4. The Morgan fingerprint density at radius 3 is 2.04 bits per heavy atom. The molecule has 0 aromatic heterocycles. The van der Waals surface area contributed by atoms with E-state index in [1.807, 2.05) is 69.3 Å². The lowest BCUT2D eigenvalue weighted by Crippen LogP contribution is -2.52. The lowest BCUT2D eigenvalue weighted by molar-refractivity contribution is -0.121. The molecule has 0 aliphatic heterocycles. The highest BCUT2D eigenvalue weighted by Gasteiger charge is 2.22. The summed E-state index contributed by atoms with van der Waals surface area (Å²) in [6, 6.07) is 19.1. The highest BCUT2D eigenvalue weighted by atomic mass is 16.2. The van der Waals surface area contributed by atoms with Gasteiger partial charge in [0.15, 0.2) is 0 Å². The molecule has 0 saturated heterocycles. The molecule has 27 heavy (non-hydrogen) atoms. The second-order valence-corrected chi connectivity index (χ2v) is 7.73. The molecule has 0 spiro atoms. The number of amides is 3. The summed E-state index contributed by atoms with van der Waals surface area (Å²) in [5.41, 5.74) is 1.87. The predicted molar refractivity (Wildman–Crippen MR) is 108 cm³/mol. The zero-order chi connectivity index (χ0) is 19.9. The average Bonchev–Trinajstić information content (AvgIpc) is 2.61. The van der Waals surface area contributed by atoms with Crippen LogP contribution < -0.4 is 16.0 Å². The van der Waals surface area contributed by atoms with Crippen LogP contribution in [-0.2, 0) is 11.2 Å². The average molecular weight is 367 g/mol. The van der Waals surface area contributed by atoms with Gasteiger partial charge in [-0.15, -0.1) is 0 Å². The SMILES string of the molecule is C[C@@H](N[C@H](Cc1ccccc1)c1ccccc1)C(=O)NC(=O)NC(C)(C)C. The van der Waals surface area contributed by atoms with Crippen molar-refractivity contribution in [2.75, 3.05) is 0 Å². The van der Waals surface area contributed by atoms with Crippen LogP contribution in [0.25, 0.3) is 0 Å². The Morgan fingerprint density at radius 1 is 0.926 bits per heavy atom. The quantitative estimate of drug-likeness (QED) is 0.731. The third-order valence-corrected chi connectivity index (χ3v) is 4.05. The molecule has 2 aromatic carbocycles. The highest BCUT2D eigenvalue weighted by Crippen LogP contribution is 2.19. The maximum absolute atomic E-state index is 12.4. The third-order valence-electron chi connectivity index (χ3n) is 4.05. The van der Waals surface area contributed by atoms with Crippen LogP contribution in [0.4, 0.5) is 4.79 Å². The van der Waals surface area contributed by atoms with Crippen molar-refractivity contribution in [3.05, 3.63) is 71.8 Å². The Labute approximate surface area is 161 Å². The first-order chi connectivity index (χ1) is 12.7. The molecule has 3 N–H and O–H groups in total. The summed E-state index contributed by atoms with van der Waals surface area (Å²) in [5, 5.41) is 8.49. The van der Waals surface area contributed by atoms with E-state index in [1.165, 1.54) is 5.56 Å². The molecule has 3 amide bonds. The van der Waals surface area contributed by atoms with Gasteiger partial charge in [0.05, 0.1) is 6.04 Å². The predicted octanol–water partition coefficient (Wildman–Crippen LogP) is 3.57. The van der Waals surface area contributed by atoms with Crippen LogP contribution in [0.5, 0.6) is 0 Å². The largest absolute Gasteiger partial charge is 0.333 e. The van der Waals surface area contributed by atoms with Crippen molar-refractivity contribution < 1.29 is 9.59 Å². The minimum atomic E-state index is -0.523. The van der Waals surface area contributed by atoms with Crippen molar-refractivity contribution >= 4 is 11.9 Å². The number of hydrogen-bond acceptors (Lipinski definition) is 3. The number of rotatable bonds is 6. The monoisotopic (exact) mass is 367 g/mol. The van der Waals surface area contributed by atoms with Gasteiger partial charge in [0.25, 0.3) is 0 Å². The van der Waals surface area contributed by atoms with E-state index in [-0.39, 0.29) is 11.9 Å². The zero-order valence-corrected chi connectivity index (χ0v) is 16.5. The van der Waals surface area contributed by atoms with Crippen LogP contribution in [0, 0.1) is 0 Å². The molecule has 0 bridgehead atoms. The number of hydrogen-bond donors (Lipinski definition) is 3. The zero-order valence-electron chi connectivity index (χ0n) is 16.5. The van der Waals surface area contributed by atoms with Gasteiger partial charge in [0.1, 0.15) is 0 Å². The smallest absolute Gasteiger partial charge is 0.321 e. The highest BCUT2D eigenvalue weighted by molar-refractivity contribution is 5.97. The van der Waals surface area contributed by atoms with Gasteiger partial charge >= 0.3 is 6.03 Å². The maximum atomic E-state index is 12.4. The molecule has 2 aromatic rings. The lowest BCUT2D eigenvalue weighted by atomic mass is 9.98. The Bertz CT molecular complexity index is 739. The van der Waals surface area contributed by atoms with Gasteiger partial charge in [0.2, 0.25) is 5.91 Å². The summed E-state index contributed by atoms with van der Waals surface area (Å²) in [6.07, 6.45) is 0.747. The van der Waals surface area contributed by atoms with Crippen molar-refractivity contribution in [2.24, 2.45) is 0 Å². The van der Waals surface area contributed by atoms with Gasteiger partial charge in [-0.25, -0.2) is 4.79 Å². The van der Waals surface area contributed by atoms with Crippen LogP contribution >= 0.6 is 0 Å². The van der Waals surface area contributed by atoms with E-state index in [4.69, 9.17) is 0 Å². The summed E-state index contributed by atoms with van der Waals surface area (Å²) in [7, 11) is 0. The van der Waals surface area contributed by atoms with Crippen LogP contribution in [0.1, 0.15) is 44.9 Å². The second kappa shape index (κ2) is 9.33. The Morgan fingerprint density at radius 2 is 1.48 bits per heavy atom. The number of urea groups is 1. The first kappa shape index (κ1) is 20.6. The van der Waals surface area contributed by atoms with Gasteiger partial charge in [-0.3, -0.25) is 15.4 Å². The number of carbonyl (C=O) groups excluding carboxylic acids is 2. The lowest BCUT2D eigenvalue weighted by Gasteiger charge is -2.25. The minimum Gasteiger partial charge on any atom is -0.333 e. The molecule has 0 aliphatic rings. The summed E-state index contributed by atoms with van der Waals surface area (Å²) >= 11 is 0. The molecule has 0 unspecified atom stereocenters. The molecule has 0 saturated carbocycles. The van der Waals surface area contributed by atoms with Gasteiger partial charge in [-0.05, 0) is 45.2 Å². The van der Waals surface area contributed by atoms with E-state index in [2.05, 4.69) is 28.1 Å².